The first-order valence-electron chi connectivity index (χ1n) is 5.37. The first-order valence-corrected chi connectivity index (χ1v) is 5.74. The molecular weight excluding hydrogens is 277 g/mol. The maximum absolute atomic E-state index is 12.8. The van der Waals surface area contributed by atoms with Gasteiger partial charge in [0.1, 0.15) is 0 Å². The van der Waals surface area contributed by atoms with E-state index < -0.39 is 11.7 Å². The van der Waals surface area contributed by atoms with Crippen LogP contribution in [0.25, 0.3) is 0 Å². The standard InChI is InChI=1S/C13H10ClF3N2/c14-9-5-3-7-11(12(9)18)19-10-6-2-1-4-8(10)13(15,16)17/h1-7,19H,18H2. The third-order valence-electron chi connectivity index (χ3n) is 2.55. The van der Waals surface area contributed by atoms with Gasteiger partial charge in [-0.2, -0.15) is 13.2 Å². The maximum atomic E-state index is 12.8. The molecule has 0 saturated carbocycles. The Morgan fingerprint density at radius 3 is 2.26 bits per heavy atom. The summed E-state index contributed by atoms with van der Waals surface area (Å²) >= 11 is 5.82. The van der Waals surface area contributed by atoms with Gasteiger partial charge in [0.15, 0.2) is 0 Å². The van der Waals surface area contributed by atoms with E-state index in [1.54, 1.807) is 18.2 Å². The lowest BCUT2D eigenvalue weighted by Gasteiger charge is -2.15. The topological polar surface area (TPSA) is 38.0 Å². The molecule has 0 aliphatic rings. The van der Waals surface area contributed by atoms with E-state index in [1.165, 1.54) is 18.2 Å². The van der Waals surface area contributed by atoms with Gasteiger partial charge in [0.2, 0.25) is 0 Å². The third kappa shape index (κ3) is 2.93. The minimum atomic E-state index is -4.43. The highest BCUT2D eigenvalue weighted by atomic mass is 35.5. The number of nitrogen functional groups attached to an aromatic ring is 1. The van der Waals surface area contributed by atoms with Crippen LogP contribution in [0.3, 0.4) is 0 Å². The number of para-hydroxylation sites is 2. The van der Waals surface area contributed by atoms with Gasteiger partial charge in [0, 0.05) is 0 Å². The molecule has 0 spiro atoms. The van der Waals surface area contributed by atoms with Crippen molar-refractivity contribution in [2.75, 3.05) is 11.1 Å². The first kappa shape index (κ1) is 13.5. The molecule has 0 aromatic heterocycles. The summed E-state index contributed by atoms with van der Waals surface area (Å²) in [6.45, 7) is 0. The first-order chi connectivity index (χ1) is 8.89. The highest BCUT2D eigenvalue weighted by Crippen LogP contribution is 2.37. The molecule has 0 heterocycles. The van der Waals surface area contributed by atoms with Crippen molar-refractivity contribution in [1.82, 2.24) is 0 Å². The number of rotatable bonds is 2. The molecule has 3 N–H and O–H groups in total. The summed E-state index contributed by atoms with van der Waals surface area (Å²) < 4.78 is 38.5. The fraction of sp³-hybridized carbons (Fsp3) is 0.0769. The Balaban J connectivity index is 2.42. The van der Waals surface area contributed by atoms with E-state index in [0.717, 1.165) is 6.07 Å². The molecule has 0 fully saturated rings. The summed E-state index contributed by atoms with van der Waals surface area (Å²) in [7, 11) is 0. The molecule has 2 nitrogen and oxygen atoms in total. The quantitative estimate of drug-likeness (QED) is 0.786. The van der Waals surface area contributed by atoms with E-state index >= 15 is 0 Å². The van der Waals surface area contributed by atoms with Crippen molar-refractivity contribution in [3.05, 3.63) is 53.1 Å². The Hall–Kier alpha value is -1.88. The molecule has 0 aliphatic heterocycles. The lowest BCUT2D eigenvalue weighted by molar-refractivity contribution is -0.136. The van der Waals surface area contributed by atoms with Crippen molar-refractivity contribution in [2.45, 2.75) is 6.18 Å². The van der Waals surface area contributed by atoms with Crippen LogP contribution in [-0.4, -0.2) is 0 Å². The second kappa shape index (κ2) is 5.01. The number of nitrogens with one attached hydrogen (secondary N) is 1. The van der Waals surface area contributed by atoms with E-state index in [9.17, 15) is 13.2 Å². The van der Waals surface area contributed by atoms with E-state index in [4.69, 9.17) is 17.3 Å². The number of nitrogens with two attached hydrogens (primary N) is 1. The van der Waals surface area contributed by atoms with Crippen LogP contribution in [0.5, 0.6) is 0 Å². The third-order valence-corrected chi connectivity index (χ3v) is 2.88. The monoisotopic (exact) mass is 286 g/mol. The largest absolute Gasteiger partial charge is 0.418 e. The van der Waals surface area contributed by atoms with Gasteiger partial charge in [0.05, 0.1) is 27.6 Å². The Labute approximate surface area is 113 Å². The van der Waals surface area contributed by atoms with E-state index in [1.807, 2.05) is 0 Å². The summed E-state index contributed by atoms with van der Waals surface area (Å²) in [5, 5.41) is 2.95. The molecule has 0 unspecified atom stereocenters. The van der Waals surface area contributed by atoms with Gasteiger partial charge in [-0.25, -0.2) is 0 Å². The van der Waals surface area contributed by atoms with Gasteiger partial charge < -0.3 is 11.1 Å². The SMILES string of the molecule is Nc1c(Cl)cccc1Nc1ccccc1C(F)(F)F. The van der Waals surface area contributed by atoms with Crippen molar-refractivity contribution < 1.29 is 13.2 Å². The summed E-state index contributed by atoms with van der Waals surface area (Å²) in [6.07, 6.45) is -4.43. The lowest BCUT2D eigenvalue weighted by atomic mass is 10.1. The smallest absolute Gasteiger partial charge is 0.396 e. The molecule has 0 amide bonds. The van der Waals surface area contributed by atoms with Crippen molar-refractivity contribution >= 4 is 28.7 Å². The molecule has 0 atom stereocenters. The normalized spacial score (nSPS) is 11.4. The van der Waals surface area contributed by atoms with Gasteiger partial charge in [-0.3, -0.25) is 0 Å². The Bertz CT molecular complexity index is 597. The van der Waals surface area contributed by atoms with E-state index in [-0.39, 0.29) is 16.4 Å². The fourth-order valence-electron chi connectivity index (χ4n) is 1.63. The lowest BCUT2D eigenvalue weighted by Crippen LogP contribution is -2.09. The van der Waals surface area contributed by atoms with Crippen LogP contribution in [0.1, 0.15) is 5.56 Å². The molecule has 0 saturated heterocycles. The summed E-state index contributed by atoms with van der Waals surface area (Å²) in [5.74, 6) is 0. The maximum Gasteiger partial charge on any atom is 0.418 e. The minimum Gasteiger partial charge on any atom is -0.396 e. The highest BCUT2D eigenvalue weighted by Gasteiger charge is 2.33. The Kier molecular flexibility index (Phi) is 3.57. The van der Waals surface area contributed by atoms with Crippen LogP contribution in [0.2, 0.25) is 5.02 Å². The number of anilines is 3. The molecular formula is C13H10ClF3N2. The van der Waals surface area contributed by atoms with Gasteiger partial charge in [-0.1, -0.05) is 29.8 Å². The van der Waals surface area contributed by atoms with Gasteiger partial charge in [-0.15, -0.1) is 0 Å². The average molecular weight is 287 g/mol. The van der Waals surface area contributed by atoms with Crippen molar-refractivity contribution in [3.8, 4) is 0 Å². The molecule has 2 aromatic carbocycles. The molecule has 0 bridgehead atoms. The van der Waals surface area contributed by atoms with Crippen LogP contribution < -0.4 is 11.1 Å². The van der Waals surface area contributed by atoms with Crippen molar-refractivity contribution in [1.29, 1.82) is 0 Å². The number of alkyl halides is 3. The van der Waals surface area contributed by atoms with Crippen LogP contribution in [0.15, 0.2) is 42.5 Å². The zero-order valence-electron chi connectivity index (χ0n) is 9.63. The van der Waals surface area contributed by atoms with Crippen molar-refractivity contribution in [3.63, 3.8) is 0 Å². The zero-order chi connectivity index (χ0) is 14.0. The summed E-state index contributed by atoms with van der Waals surface area (Å²) in [6, 6.07) is 9.92. The molecule has 0 aliphatic carbocycles. The van der Waals surface area contributed by atoms with Crippen LogP contribution in [0.4, 0.5) is 30.2 Å². The highest BCUT2D eigenvalue weighted by molar-refractivity contribution is 6.33. The average Bonchev–Trinajstić information content (AvgIpc) is 2.34. The molecule has 19 heavy (non-hydrogen) atoms. The van der Waals surface area contributed by atoms with E-state index in [0.29, 0.717) is 5.69 Å². The number of hydrogen-bond acceptors (Lipinski definition) is 2. The minimum absolute atomic E-state index is 0.0658. The second-order valence-electron chi connectivity index (χ2n) is 3.87. The zero-order valence-corrected chi connectivity index (χ0v) is 10.4. The van der Waals surface area contributed by atoms with Crippen LogP contribution >= 0.6 is 11.6 Å². The Morgan fingerprint density at radius 2 is 1.58 bits per heavy atom. The fourth-order valence-corrected chi connectivity index (χ4v) is 1.80. The number of hydrogen-bond donors (Lipinski definition) is 2. The van der Waals surface area contributed by atoms with Gasteiger partial charge in [0.25, 0.3) is 0 Å². The van der Waals surface area contributed by atoms with Crippen LogP contribution in [-0.2, 0) is 6.18 Å². The molecule has 6 heteroatoms. The Morgan fingerprint density at radius 1 is 0.947 bits per heavy atom. The second-order valence-corrected chi connectivity index (χ2v) is 4.28. The molecule has 2 aromatic rings. The predicted molar refractivity (Wildman–Crippen MR) is 70.6 cm³/mol. The van der Waals surface area contributed by atoms with Crippen LogP contribution in [0, 0.1) is 0 Å². The summed E-state index contributed by atoms with van der Waals surface area (Å²) in [4.78, 5) is 0. The molecule has 2 rings (SSSR count). The predicted octanol–water partition coefficient (Wildman–Crippen LogP) is 4.68. The summed E-state index contributed by atoms with van der Waals surface area (Å²) in [5.41, 5.74) is 5.44. The van der Waals surface area contributed by atoms with Crippen molar-refractivity contribution in [2.24, 2.45) is 0 Å². The number of benzene rings is 2. The number of halogens is 4. The van der Waals surface area contributed by atoms with E-state index in [2.05, 4.69) is 5.32 Å². The molecule has 100 valence electrons. The van der Waals surface area contributed by atoms with Gasteiger partial charge in [-0.05, 0) is 24.3 Å². The molecule has 0 radical (unpaired) electrons. The van der Waals surface area contributed by atoms with Gasteiger partial charge >= 0.3 is 6.18 Å².